The third-order valence-corrected chi connectivity index (χ3v) is 7.96. The minimum atomic E-state index is -0.403. The fourth-order valence-corrected chi connectivity index (χ4v) is 5.34. The van der Waals surface area contributed by atoms with Crippen molar-refractivity contribution >= 4 is 29.3 Å². The molecule has 8 heteroatoms. The van der Waals surface area contributed by atoms with E-state index in [2.05, 4.69) is 20.8 Å². The second-order valence-corrected chi connectivity index (χ2v) is 11.0. The molecule has 5 rings (SSSR count). The van der Waals surface area contributed by atoms with Gasteiger partial charge in [0.05, 0.1) is 11.3 Å². The number of carbonyl (C=O) groups is 2. The summed E-state index contributed by atoms with van der Waals surface area (Å²) in [6.45, 7) is 3.78. The van der Waals surface area contributed by atoms with E-state index in [-0.39, 0.29) is 17.9 Å². The topological polar surface area (TPSA) is 88.9 Å². The van der Waals surface area contributed by atoms with Crippen molar-refractivity contribution < 1.29 is 9.59 Å². The highest BCUT2D eigenvalue weighted by Gasteiger charge is 2.23. The highest BCUT2D eigenvalue weighted by atomic mass is 32.2. The predicted molar refractivity (Wildman–Crippen MR) is 164 cm³/mol. The van der Waals surface area contributed by atoms with E-state index in [0.717, 1.165) is 22.3 Å². The zero-order valence-electron chi connectivity index (χ0n) is 23.1. The first kappa shape index (κ1) is 27.9. The van der Waals surface area contributed by atoms with Gasteiger partial charge in [0.1, 0.15) is 0 Å². The van der Waals surface area contributed by atoms with Crippen LogP contribution >= 0.6 is 11.8 Å². The van der Waals surface area contributed by atoms with Crippen LogP contribution in [0.2, 0.25) is 0 Å². The molecule has 0 aliphatic heterocycles. The van der Waals surface area contributed by atoms with Crippen LogP contribution in [0, 0.1) is 6.92 Å². The number of anilines is 1. The third-order valence-electron chi connectivity index (χ3n) is 6.83. The van der Waals surface area contributed by atoms with Crippen LogP contribution in [0.1, 0.15) is 40.0 Å². The summed E-state index contributed by atoms with van der Waals surface area (Å²) in [6.07, 6.45) is 0. The molecule has 4 aromatic carbocycles. The van der Waals surface area contributed by atoms with Crippen LogP contribution in [0.25, 0.3) is 11.4 Å². The van der Waals surface area contributed by atoms with E-state index >= 15 is 0 Å². The maximum atomic E-state index is 13.3. The Kier molecular flexibility index (Phi) is 8.60. The molecule has 2 N–H and O–H groups in total. The number of benzene rings is 4. The predicted octanol–water partition coefficient (Wildman–Crippen LogP) is 6.43. The smallest absolute Gasteiger partial charge is 0.255 e. The van der Waals surface area contributed by atoms with Gasteiger partial charge in [-0.25, -0.2) is 0 Å². The standard InChI is InChI=1S/C33H31N5O2S/c1-22-12-10-11-17-28(22)32(40)34-27-20-18-26(19-21-27)30-36-37-33(38(30)3)41-23(2)31(39)35-29(24-13-6-4-7-14-24)25-15-8-5-9-16-25/h4-21,23,29H,1-3H3,(H,34,40)(H,35,39). The summed E-state index contributed by atoms with van der Waals surface area (Å²) >= 11 is 1.36. The Morgan fingerprint density at radius 3 is 1.98 bits per heavy atom. The van der Waals surface area contributed by atoms with Gasteiger partial charge in [0.15, 0.2) is 11.0 Å². The maximum absolute atomic E-state index is 13.3. The largest absolute Gasteiger partial charge is 0.344 e. The Balaban J connectivity index is 1.25. The van der Waals surface area contributed by atoms with Crippen molar-refractivity contribution in [3.63, 3.8) is 0 Å². The van der Waals surface area contributed by atoms with Gasteiger partial charge in [0, 0.05) is 23.9 Å². The number of carbonyl (C=O) groups excluding carboxylic acids is 2. The Morgan fingerprint density at radius 1 is 0.780 bits per heavy atom. The minimum absolute atomic E-state index is 0.0917. The van der Waals surface area contributed by atoms with Gasteiger partial charge in [-0.15, -0.1) is 10.2 Å². The molecule has 0 bridgehead atoms. The summed E-state index contributed by atoms with van der Waals surface area (Å²) < 4.78 is 1.88. The highest BCUT2D eigenvalue weighted by Crippen LogP contribution is 2.28. The minimum Gasteiger partial charge on any atom is -0.344 e. The van der Waals surface area contributed by atoms with Crippen LogP contribution in [0.15, 0.2) is 114 Å². The monoisotopic (exact) mass is 561 g/mol. The van der Waals surface area contributed by atoms with Gasteiger partial charge in [-0.1, -0.05) is 90.6 Å². The van der Waals surface area contributed by atoms with Crippen molar-refractivity contribution in [3.8, 4) is 11.4 Å². The van der Waals surface area contributed by atoms with Gasteiger partial charge in [0.2, 0.25) is 5.91 Å². The second kappa shape index (κ2) is 12.7. The molecule has 0 radical (unpaired) electrons. The van der Waals surface area contributed by atoms with Gasteiger partial charge in [-0.05, 0) is 60.9 Å². The van der Waals surface area contributed by atoms with E-state index in [1.54, 1.807) is 0 Å². The Morgan fingerprint density at radius 2 is 1.37 bits per heavy atom. The molecule has 5 aromatic rings. The first-order valence-corrected chi connectivity index (χ1v) is 14.2. The van der Waals surface area contributed by atoms with E-state index < -0.39 is 5.25 Å². The number of nitrogens with zero attached hydrogens (tertiary/aromatic N) is 3. The first-order valence-electron chi connectivity index (χ1n) is 13.3. The third kappa shape index (κ3) is 6.56. The summed E-state index contributed by atoms with van der Waals surface area (Å²) in [7, 11) is 1.88. The molecular formula is C33H31N5O2S. The van der Waals surface area contributed by atoms with Crippen LogP contribution in [0.4, 0.5) is 5.69 Å². The van der Waals surface area contributed by atoms with E-state index in [1.807, 2.05) is 135 Å². The molecule has 1 unspecified atom stereocenters. The average molecular weight is 562 g/mol. The van der Waals surface area contributed by atoms with Gasteiger partial charge < -0.3 is 15.2 Å². The molecule has 1 aromatic heterocycles. The number of rotatable bonds is 9. The number of nitrogens with one attached hydrogen (secondary N) is 2. The molecule has 1 atom stereocenters. The van der Waals surface area contributed by atoms with Crippen molar-refractivity contribution in [3.05, 3.63) is 131 Å². The van der Waals surface area contributed by atoms with Crippen LogP contribution in [0.3, 0.4) is 0 Å². The Hall–Kier alpha value is -4.69. The van der Waals surface area contributed by atoms with E-state index in [4.69, 9.17) is 0 Å². The lowest BCUT2D eigenvalue weighted by Crippen LogP contribution is -2.35. The fourth-order valence-electron chi connectivity index (χ4n) is 4.52. The van der Waals surface area contributed by atoms with Crippen molar-refractivity contribution in [2.45, 2.75) is 30.3 Å². The lowest BCUT2D eigenvalue weighted by Gasteiger charge is -2.22. The first-order chi connectivity index (χ1) is 19.9. The van der Waals surface area contributed by atoms with Gasteiger partial charge >= 0.3 is 0 Å². The zero-order chi connectivity index (χ0) is 28.8. The number of hydrogen-bond acceptors (Lipinski definition) is 5. The normalized spacial score (nSPS) is 11.7. The molecule has 0 saturated heterocycles. The number of hydrogen-bond donors (Lipinski definition) is 2. The highest BCUT2D eigenvalue weighted by molar-refractivity contribution is 8.00. The van der Waals surface area contributed by atoms with Crippen molar-refractivity contribution in [1.82, 2.24) is 20.1 Å². The molecular weight excluding hydrogens is 530 g/mol. The molecule has 2 amide bonds. The summed E-state index contributed by atoms with van der Waals surface area (Å²) in [4.78, 5) is 26.0. The van der Waals surface area contributed by atoms with Crippen LogP contribution in [-0.4, -0.2) is 31.8 Å². The number of thioether (sulfide) groups is 1. The maximum Gasteiger partial charge on any atom is 0.255 e. The average Bonchev–Trinajstić information content (AvgIpc) is 3.36. The van der Waals surface area contributed by atoms with Crippen molar-refractivity contribution in [1.29, 1.82) is 0 Å². The molecule has 0 spiro atoms. The number of aryl methyl sites for hydroxylation is 1. The quantitative estimate of drug-likeness (QED) is 0.203. The molecule has 206 valence electrons. The Bertz CT molecular complexity index is 1600. The van der Waals surface area contributed by atoms with E-state index in [1.165, 1.54) is 11.8 Å². The lowest BCUT2D eigenvalue weighted by atomic mass is 9.98. The van der Waals surface area contributed by atoms with Gasteiger partial charge in [0.25, 0.3) is 5.91 Å². The number of aromatic nitrogens is 3. The molecule has 0 saturated carbocycles. The SMILES string of the molecule is Cc1ccccc1C(=O)Nc1ccc(-c2nnc(SC(C)C(=O)NC(c3ccccc3)c3ccccc3)n2C)cc1. The summed E-state index contributed by atoms with van der Waals surface area (Å²) in [5.41, 5.74) is 5.14. The molecule has 0 aliphatic rings. The number of amides is 2. The van der Waals surface area contributed by atoms with Crippen LogP contribution in [0.5, 0.6) is 0 Å². The van der Waals surface area contributed by atoms with E-state index in [0.29, 0.717) is 22.2 Å². The molecule has 0 fully saturated rings. The fraction of sp³-hybridized carbons (Fsp3) is 0.152. The van der Waals surface area contributed by atoms with Gasteiger partial charge in [-0.2, -0.15) is 0 Å². The molecule has 1 heterocycles. The molecule has 41 heavy (non-hydrogen) atoms. The summed E-state index contributed by atoms with van der Waals surface area (Å²) in [6, 6.07) is 34.6. The molecule has 7 nitrogen and oxygen atoms in total. The summed E-state index contributed by atoms with van der Waals surface area (Å²) in [5.74, 6) is 0.427. The molecule has 0 aliphatic carbocycles. The van der Waals surface area contributed by atoms with E-state index in [9.17, 15) is 9.59 Å². The summed E-state index contributed by atoms with van der Waals surface area (Å²) in [5, 5.41) is 15.1. The van der Waals surface area contributed by atoms with Gasteiger partial charge in [-0.3, -0.25) is 9.59 Å². The Labute approximate surface area is 244 Å². The second-order valence-electron chi connectivity index (χ2n) is 9.73. The zero-order valence-corrected chi connectivity index (χ0v) is 23.9. The lowest BCUT2D eigenvalue weighted by molar-refractivity contribution is -0.120. The van der Waals surface area contributed by atoms with Crippen molar-refractivity contribution in [2.75, 3.05) is 5.32 Å². The van der Waals surface area contributed by atoms with Crippen LogP contribution < -0.4 is 10.6 Å². The van der Waals surface area contributed by atoms with Crippen molar-refractivity contribution in [2.24, 2.45) is 7.05 Å². The van der Waals surface area contributed by atoms with Crippen LogP contribution in [-0.2, 0) is 11.8 Å².